The van der Waals surface area contributed by atoms with E-state index in [1.54, 1.807) is 24.5 Å². The quantitative estimate of drug-likeness (QED) is 0.728. The van der Waals surface area contributed by atoms with Crippen molar-refractivity contribution in [1.29, 1.82) is 0 Å². The Morgan fingerprint density at radius 1 is 1.03 bits per heavy atom. The highest BCUT2D eigenvalue weighted by atomic mass is 19.1. The topological polar surface area (TPSA) is 91.1 Å². The lowest BCUT2D eigenvalue weighted by atomic mass is 10.0. The zero-order valence-corrected chi connectivity index (χ0v) is 15.8. The van der Waals surface area contributed by atoms with Crippen LogP contribution in [0.25, 0.3) is 11.0 Å². The number of nitrogens with zero attached hydrogens (tertiary/aromatic N) is 6. The summed E-state index contributed by atoms with van der Waals surface area (Å²) in [5.74, 6) is 0.0339. The third kappa shape index (κ3) is 3.06. The lowest BCUT2D eigenvalue weighted by Crippen LogP contribution is -2.38. The van der Waals surface area contributed by atoms with Gasteiger partial charge in [-0.1, -0.05) is 0 Å². The number of carbonyl (C=O) groups is 2. The molecule has 3 aliphatic heterocycles. The number of amides is 2. The maximum absolute atomic E-state index is 13.6. The smallest absolute Gasteiger partial charge is 0.289 e. The second-order valence-electron chi connectivity index (χ2n) is 7.76. The molecule has 2 amide bonds. The number of hydrogen-bond donors (Lipinski definition) is 0. The molecule has 9 heteroatoms. The van der Waals surface area contributed by atoms with Gasteiger partial charge in [0.25, 0.3) is 11.8 Å². The van der Waals surface area contributed by atoms with Crippen molar-refractivity contribution >= 4 is 34.5 Å². The van der Waals surface area contributed by atoms with E-state index in [1.165, 1.54) is 6.92 Å². The summed E-state index contributed by atoms with van der Waals surface area (Å²) in [6.45, 7) is 4.07. The van der Waals surface area contributed by atoms with Gasteiger partial charge in [-0.2, -0.15) is 4.99 Å². The van der Waals surface area contributed by atoms with Crippen LogP contribution in [0.1, 0.15) is 17.3 Å². The molecule has 3 unspecified atom stereocenters. The summed E-state index contributed by atoms with van der Waals surface area (Å²) in [6.07, 6.45) is 1.50. The number of rotatable bonds is 1. The molecule has 1 aromatic carbocycles. The number of likely N-dealkylation sites (tertiary alicyclic amines) is 2. The average Bonchev–Trinajstić information content (AvgIpc) is 3.30. The molecule has 0 aliphatic carbocycles. The number of aliphatic imine (C=N–C) groups is 2. The largest absolute Gasteiger partial charge is 0.340 e. The van der Waals surface area contributed by atoms with Gasteiger partial charge in [-0.15, -0.1) is 0 Å². The minimum atomic E-state index is -1.74. The van der Waals surface area contributed by atoms with E-state index in [2.05, 4.69) is 20.0 Å². The number of guanidine groups is 1. The first-order valence-corrected chi connectivity index (χ1v) is 9.56. The van der Waals surface area contributed by atoms with Crippen LogP contribution in [-0.2, 0) is 4.79 Å². The summed E-state index contributed by atoms with van der Waals surface area (Å²) in [5.41, 5.74) is 2.20. The molecule has 0 spiro atoms. The Morgan fingerprint density at radius 3 is 2.41 bits per heavy atom. The molecule has 5 rings (SSSR count). The molecule has 1 aromatic heterocycles. The van der Waals surface area contributed by atoms with Crippen molar-refractivity contribution in [3.8, 4) is 0 Å². The molecule has 3 atom stereocenters. The molecule has 0 saturated carbocycles. The van der Waals surface area contributed by atoms with Crippen molar-refractivity contribution in [1.82, 2.24) is 19.8 Å². The fraction of sp³-hybridized carbons (Fsp3) is 0.400. The summed E-state index contributed by atoms with van der Waals surface area (Å²) in [4.78, 5) is 44.9. The van der Waals surface area contributed by atoms with E-state index in [0.717, 1.165) is 5.52 Å². The first-order chi connectivity index (χ1) is 14.0. The van der Waals surface area contributed by atoms with Crippen LogP contribution < -0.4 is 0 Å². The van der Waals surface area contributed by atoms with Gasteiger partial charge >= 0.3 is 0 Å². The zero-order valence-electron chi connectivity index (χ0n) is 15.8. The van der Waals surface area contributed by atoms with Gasteiger partial charge in [-0.05, 0) is 25.1 Å². The van der Waals surface area contributed by atoms with Gasteiger partial charge < -0.3 is 9.80 Å². The molecule has 0 N–H and O–H groups in total. The van der Waals surface area contributed by atoms with Crippen molar-refractivity contribution in [2.45, 2.75) is 13.1 Å². The van der Waals surface area contributed by atoms with Crippen LogP contribution in [-0.4, -0.2) is 75.6 Å². The van der Waals surface area contributed by atoms with E-state index in [1.807, 2.05) is 15.9 Å². The standard InChI is InChI=1S/C20H19FN6O2/c1-11-17(21)18(28)25-20(24-11)27-9-13-7-26(8-14(13)10-27)19(29)12-2-3-15-16(6-12)23-5-4-22-15/h2-6,13-14,17H,7-10H2,1H3. The number of benzene rings is 1. The maximum atomic E-state index is 13.6. The summed E-state index contributed by atoms with van der Waals surface area (Å²) >= 11 is 0. The highest BCUT2D eigenvalue weighted by Crippen LogP contribution is 2.33. The molecule has 3 aliphatic rings. The molecule has 0 bridgehead atoms. The van der Waals surface area contributed by atoms with Gasteiger partial charge in [-0.25, -0.2) is 9.38 Å². The molecule has 2 fully saturated rings. The van der Waals surface area contributed by atoms with Gasteiger partial charge in [0.2, 0.25) is 12.1 Å². The first kappa shape index (κ1) is 17.8. The van der Waals surface area contributed by atoms with Crippen LogP contribution in [0.3, 0.4) is 0 Å². The number of carbonyl (C=O) groups excluding carboxylic acids is 2. The predicted molar refractivity (Wildman–Crippen MR) is 104 cm³/mol. The minimum absolute atomic E-state index is 0.0159. The van der Waals surface area contributed by atoms with E-state index >= 15 is 0 Å². The number of alkyl halides is 1. The normalized spacial score (nSPS) is 26.6. The Kier molecular flexibility index (Phi) is 4.11. The summed E-state index contributed by atoms with van der Waals surface area (Å²) in [7, 11) is 0. The molecule has 148 valence electrons. The lowest BCUT2D eigenvalue weighted by Gasteiger charge is -2.24. The van der Waals surface area contributed by atoms with Crippen LogP contribution in [0, 0.1) is 11.8 Å². The van der Waals surface area contributed by atoms with E-state index in [9.17, 15) is 14.0 Å². The van der Waals surface area contributed by atoms with Crippen molar-refractivity contribution in [3.05, 3.63) is 36.2 Å². The highest BCUT2D eigenvalue weighted by Gasteiger charge is 2.43. The van der Waals surface area contributed by atoms with Crippen LogP contribution in [0.4, 0.5) is 4.39 Å². The van der Waals surface area contributed by atoms with Gasteiger partial charge in [0.15, 0.2) is 0 Å². The van der Waals surface area contributed by atoms with Gasteiger partial charge in [0, 0.05) is 56.0 Å². The number of aromatic nitrogens is 2. The second-order valence-corrected chi connectivity index (χ2v) is 7.76. The third-order valence-corrected chi connectivity index (χ3v) is 5.84. The summed E-state index contributed by atoms with van der Waals surface area (Å²) in [6, 6.07) is 5.37. The SMILES string of the molecule is CC1=NC(N2CC3CN(C(=O)c4ccc5nccnc5c4)CC3C2)=NC(=O)C1F. The summed E-state index contributed by atoms with van der Waals surface area (Å²) < 4.78 is 13.6. The Labute approximate surface area is 166 Å². The van der Waals surface area contributed by atoms with Crippen molar-refractivity contribution in [2.24, 2.45) is 21.8 Å². The zero-order chi connectivity index (χ0) is 20.1. The molecule has 2 saturated heterocycles. The Hall–Kier alpha value is -3.23. The molecular formula is C20H19FN6O2. The number of halogens is 1. The van der Waals surface area contributed by atoms with Crippen molar-refractivity contribution in [3.63, 3.8) is 0 Å². The minimum Gasteiger partial charge on any atom is -0.340 e. The maximum Gasteiger partial charge on any atom is 0.289 e. The van der Waals surface area contributed by atoms with Crippen LogP contribution >= 0.6 is 0 Å². The van der Waals surface area contributed by atoms with E-state index in [-0.39, 0.29) is 23.5 Å². The van der Waals surface area contributed by atoms with Crippen LogP contribution in [0.5, 0.6) is 0 Å². The van der Waals surface area contributed by atoms with Gasteiger partial charge in [-0.3, -0.25) is 19.6 Å². The highest BCUT2D eigenvalue weighted by molar-refractivity contribution is 6.16. The molecular weight excluding hydrogens is 375 g/mol. The fourth-order valence-electron chi connectivity index (χ4n) is 4.32. The number of fused-ring (bicyclic) bond motifs is 2. The van der Waals surface area contributed by atoms with Crippen molar-refractivity contribution < 1.29 is 14.0 Å². The predicted octanol–water partition coefficient (Wildman–Crippen LogP) is 1.33. The summed E-state index contributed by atoms with van der Waals surface area (Å²) in [5, 5.41) is 0. The van der Waals surface area contributed by atoms with Gasteiger partial charge in [0.1, 0.15) is 0 Å². The molecule has 2 aromatic rings. The Bertz CT molecular complexity index is 1070. The third-order valence-electron chi connectivity index (χ3n) is 5.84. The van der Waals surface area contributed by atoms with Crippen LogP contribution in [0.15, 0.2) is 40.6 Å². The molecule has 8 nitrogen and oxygen atoms in total. The number of hydrogen-bond acceptors (Lipinski definition) is 6. The average molecular weight is 394 g/mol. The van der Waals surface area contributed by atoms with E-state index < -0.39 is 12.1 Å². The molecule has 29 heavy (non-hydrogen) atoms. The monoisotopic (exact) mass is 394 g/mol. The second kappa shape index (κ2) is 6.68. The lowest BCUT2D eigenvalue weighted by molar-refractivity contribution is -0.120. The van der Waals surface area contributed by atoms with E-state index in [4.69, 9.17) is 0 Å². The Balaban J connectivity index is 1.28. The fourth-order valence-corrected chi connectivity index (χ4v) is 4.32. The van der Waals surface area contributed by atoms with Crippen LogP contribution in [0.2, 0.25) is 0 Å². The molecule has 0 radical (unpaired) electrons. The Morgan fingerprint density at radius 2 is 1.72 bits per heavy atom. The van der Waals surface area contributed by atoms with E-state index in [0.29, 0.717) is 43.2 Å². The first-order valence-electron chi connectivity index (χ1n) is 9.56. The van der Waals surface area contributed by atoms with Gasteiger partial charge in [0.05, 0.1) is 16.7 Å². The van der Waals surface area contributed by atoms with Crippen molar-refractivity contribution in [2.75, 3.05) is 26.2 Å². The molecule has 4 heterocycles.